The van der Waals surface area contributed by atoms with Gasteiger partial charge >= 0.3 is 5.97 Å². The van der Waals surface area contributed by atoms with Crippen LogP contribution in [0.2, 0.25) is 0 Å². The van der Waals surface area contributed by atoms with E-state index in [1.165, 1.54) is 89.9 Å². The molecule has 0 aliphatic rings. The number of ether oxygens (including phenoxy) is 1. The lowest BCUT2D eigenvalue weighted by Crippen LogP contribution is -2.07. The van der Waals surface area contributed by atoms with Crippen LogP contribution in [0, 0.1) is 0 Å². The van der Waals surface area contributed by atoms with E-state index in [1.54, 1.807) is 18.2 Å². The van der Waals surface area contributed by atoms with E-state index >= 15 is 0 Å². The van der Waals surface area contributed by atoms with Gasteiger partial charge in [0.1, 0.15) is 0 Å². The van der Waals surface area contributed by atoms with Gasteiger partial charge in [0.05, 0.1) is 23.5 Å². The molecular weight excluding hydrogens is 360 g/mol. The van der Waals surface area contributed by atoms with Crippen molar-refractivity contribution in [3.05, 3.63) is 23.8 Å². The van der Waals surface area contributed by atoms with Gasteiger partial charge in [-0.15, -0.1) is 0 Å². The second-order valence-corrected chi connectivity index (χ2v) is 8.28. The highest BCUT2D eigenvalue weighted by atomic mass is 16.5. The van der Waals surface area contributed by atoms with Crippen LogP contribution >= 0.6 is 0 Å². The Morgan fingerprint density at radius 1 is 0.690 bits per heavy atom. The first-order valence-electron chi connectivity index (χ1n) is 12.0. The van der Waals surface area contributed by atoms with Gasteiger partial charge in [0, 0.05) is 0 Å². The number of anilines is 2. The maximum absolute atomic E-state index is 11.9. The van der Waals surface area contributed by atoms with Crippen LogP contribution in [-0.4, -0.2) is 12.6 Å². The molecule has 0 amide bonds. The molecule has 29 heavy (non-hydrogen) atoms. The van der Waals surface area contributed by atoms with E-state index in [2.05, 4.69) is 6.92 Å². The fourth-order valence-electron chi connectivity index (χ4n) is 3.60. The van der Waals surface area contributed by atoms with Crippen molar-refractivity contribution in [3.8, 4) is 0 Å². The van der Waals surface area contributed by atoms with E-state index in [0.717, 1.165) is 12.8 Å². The normalized spacial score (nSPS) is 10.9. The third-order valence-corrected chi connectivity index (χ3v) is 5.55. The second-order valence-electron chi connectivity index (χ2n) is 8.28. The average molecular weight is 405 g/mol. The highest BCUT2D eigenvalue weighted by Crippen LogP contribution is 2.17. The molecule has 0 bridgehead atoms. The molecule has 166 valence electrons. The molecule has 0 saturated carbocycles. The van der Waals surface area contributed by atoms with Crippen LogP contribution in [0.15, 0.2) is 18.2 Å². The van der Waals surface area contributed by atoms with Gasteiger partial charge in [-0.05, 0) is 24.6 Å². The molecule has 4 nitrogen and oxygen atoms in total. The Hall–Kier alpha value is -1.71. The zero-order valence-electron chi connectivity index (χ0n) is 18.7. The minimum Gasteiger partial charge on any atom is -0.462 e. The molecule has 1 aromatic carbocycles. The van der Waals surface area contributed by atoms with Crippen molar-refractivity contribution in [2.24, 2.45) is 0 Å². The van der Waals surface area contributed by atoms with E-state index in [4.69, 9.17) is 16.2 Å². The average Bonchev–Trinajstić information content (AvgIpc) is 2.72. The number of hydrogen-bond donors (Lipinski definition) is 2. The number of unbranched alkanes of at least 4 members (excludes halogenated alkanes) is 15. The van der Waals surface area contributed by atoms with E-state index < -0.39 is 0 Å². The Labute approximate surface area is 178 Å². The van der Waals surface area contributed by atoms with Gasteiger partial charge in [-0.25, -0.2) is 4.79 Å². The van der Waals surface area contributed by atoms with E-state index in [1.807, 2.05) is 0 Å². The van der Waals surface area contributed by atoms with E-state index in [9.17, 15) is 4.79 Å². The SMILES string of the molecule is CCCCCCCCCCCCCCCCCCOC(=O)c1ccc(N)c(N)c1. The zero-order chi connectivity index (χ0) is 21.2. The van der Waals surface area contributed by atoms with Crippen LogP contribution in [0.3, 0.4) is 0 Å². The molecule has 1 aromatic rings. The van der Waals surface area contributed by atoms with E-state index in [0.29, 0.717) is 23.5 Å². The van der Waals surface area contributed by atoms with Gasteiger partial charge in [-0.2, -0.15) is 0 Å². The predicted molar refractivity (Wildman–Crippen MR) is 125 cm³/mol. The predicted octanol–water partition coefficient (Wildman–Crippen LogP) is 7.27. The summed E-state index contributed by atoms with van der Waals surface area (Å²) in [5.41, 5.74) is 12.7. The minimum atomic E-state index is -0.322. The summed E-state index contributed by atoms with van der Waals surface area (Å²) in [4.78, 5) is 11.9. The van der Waals surface area contributed by atoms with Gasteiger partial charge in [0.25, 0.3) is 0 Å². The summed E-state index contributed by atoms with van der Waals surface area (Å²) in [5, 5.41) is 0. The maximum Gasteiger partial charge on any atom is 0.338 e. The first-order chi connectivity index (χ1) is 14.1. The zero-order valence-corrected chi connectivity index (χ0v) is 18.7. The van der Waals surface area contributed by atoms with Crippen LogP contribution in [0.1, 0.15) is 120 Å². The number of esters is 1. The molecule has 0 spiro atoms. The summed E-state index contributed by atoms with van der Waals surface area (Å²) in [6.45, 7) is 2.75. The van der Waals surface area contributed by atoms with Crippen molar-refractivity contribution in [1.82, 2.24) is 0 Å². The van der Waals surface area contributed by atoms with Crippen molar-refractivity contribution in [2.45, 2.75) is 110 Å². The number of carbonyl (C=O) groups is 1. The number of benzene rings is 1. The molecule has 0 heterocycles. The number of carbonyl (C=O) groups excluding carboxylic acids is 1. The lowest BCUT2D eigenvalue weighted by atomic mass is 10.0. The highest BCUT2D eigenvalue weighted by molar-refractivity contribution is 5.91. The molecule has 0 atom stereocenters. The number of rotatable bonds is 18. The molecule has 0 unspecified atom stereocenters. The van der Waals surface area contributed by atoms with Gasteiger partial charge in [-0.3, -0.25) is 0 Å². The lowest BCUT2D eigenvalue weighted by molar-refractivity contribution is 0.0497. The van der Waals surface area contributed by atoms with Crippen LogP contribution in [0.25, 0.3) is 0 Å². The summed E-state index contributed by atoms with van der Waals surface area (Å²) in [7, 11) is 0. The Balaban J connectivity index is 1.83. The van der Waals surface area contributed by atoms with E-state index in [-0.39, 0.29) is 5.97 Å². The second kappa shape index (κ2) is 17.2. The number of nitrogens with two attached hydrogens (primary N) is 2. The Bertz CT molecular complexity index is 546. The molecule has 0 fully saturated rings. The standard InChI is InChI=1S/C25H44N2O2/c1-2-3-4-5-6-7-8-9-10-11-12-13-14-15-16-17-20-29-25(28)22-18-19-23(26)24(27)21-22/h18-19,21H,2-17,20,26-27H2,1H3. The van der Waals surface area contributed by atoms with Gasteiger partial charge in [0.15, 0.2) is 0 Å². The van der Waals surface area contributed by atoms with Crippen LogP contribution in [0.4, 0.5) is 11.4 Å². The van der Waals surface area contributed by atoms with Crippen molar-refractivity contribution < 1.29 is 9.53 Å². The monoisotopic (exact) mass is 404 g/mol. The molecule has 0 radical (unpaired) electrons. The molecule has 0 aliphatic heterocycles. The lowest BCUT2D eigenvalue weighted by Gasteiger charge is -2.07. The Morgan fingerprint density at radius 2 is 1.14 bits per heavy atom. The summed E-state index contributed by atoms with van der Waals surface area (Å²) >= 11 is 0. The molecular formula is C25H44N2O2. The summed E-state index contributed by atoms with van der Waals surface area (Å²) in [6.07, 6.45) is 21.4. The topological polar surface area (TPSA) is 78.3 Å². The van der Waals surface area contributed by atoms with Gasteiger partial charge in [0.2, 0.25) is 0 Å². The third kappa shape index (κ3) is 13.2. The minimum absolute atomic E-state index is 0.322. The fraction of sp³-hybridized carbons (Fsp3) is 0.720. The Kier molecular flexibility index (Phi) is 15.0. The summed E-state index contributed by atoms with van der Waals surface area (Å²) in [6, 6.07) is 4.87. The molecule has 4 N–H and O–H groups in total. The number of hydrogen-bond acceptors (Lipinski definition) is 4. The van der Waals surface area contributed by atoms with Crippen LogP contribution in [-0.2, 0) is 4.74 Å². The van der Waals surface area contributed by atoms with Crippen LogP contribution < -0.4 is 11.5 Å². The van der Waals surface area contributed by atoms with Gasteiger partial charge in [-0.1, -0.05) is 103 Å². The largest absolute Gasteiger partial charge is 0.462 e. The van der Waals surface area contributed by atoms with Crippen molar-refractivity contribution >= 4 is 17.3 Å². The molecule has 0 aliphatic carbocycles. The first kappa shape index (κ1) is 25.3. The third-order valence-electron chi connectivity index (χ3n) is 5.55. The molecule has 1 rings (SSSR count). The fourth-order valence-corrected chi connectivity index (χ4v) is 3.60. The molecule has 0 saturated heterocycles. The molecule has 0 aromatic heterocycles. The first-order valence-corrected chi connectivity index (χ1v) is 12.0. The van der Waals surface area contributed by atoms with Crippen molar-refractivity contribution in [1.29, 1.82) is 0 Å². The van der Waals surface area contributed by atoms with Crippen molar-refractivity contribution in [2.75, 3.05) is 18.1 Å². The Morgan fingerprint density at radius 3 is 1.59 bits per heavy atom. The smallest absolute Gasteiger partial charge is 0.338 e. The number of nitrogen functional groups attached to an aromatic ring is 2. The van der Waals surface area contributed by atoms with Gasteiger partial charge < -0.3 is 16.2 Å². The summed E-state index contributed by atoms with van der Waals surface area (Å²) in [5.74, 6) is -0.322. The van der Waals surface area contributed by atoms with Crippen molar-refractivity contribution in [3.63, 3.8) is 0 Å². The van der Waals surface area contributed by atoms with Crippen LogP contribution in [0.5, 0.6) is 0 Å². The maximum atomic E-state index is 11.9. The molecule has 4 heteroatoms. The highest BCUT2D eigenvalue weighted by Gasteiger charge is 2.08. The quantitative estimate of drug-likeness (QED) is 0.153. The summed E-state index contributed by atoms with van der Waals surface area (Å²) < 4.78 is 5.31.